The summed E-state index contributed by atoms with van der Waals surface area (Å²) in [5.41, 5.74) is -2.23. The molecule has 1 aromatic carbocycles. The third kappa shape index (κ3) is 3.68. The summed E-state index contributed by atoms with van der Waals surface area (Å²) < 4.78 is 68.7. The van der Waals surface area contributed by atoms with E-state index in [2.05, 4.69) is 14.9 Å². The van der Waals surface area contributed by atoms with Gasteiger partial charge < -0.3 is 4.57 Å². The number of alkyl halides is 3. The van der Waals surface area contributed by atoms with E-state index in [1.165, 1.54) is 7.05 Å². The van der Waals surface area contributed by atoms with E-state index >= 15 is 0 Å². The quantitative estimate of drug-likeness (QED) is 0.598. The van der Waals surface area contributed by atoms with Crippen molar-refractivity contribution in [1.82, 2.24) is 14.8 Å². The summed E-state index contributed by atoms with van der Waals surface area (Å²) in [6, 6.07) is 5.25. The Kier molecular flexibility index (Phi) is 5.10. The smallest absolute Gasteiger partial charge is 0.311 e. The van der Waals surface area contributed by atoms with Gasteiger partial charge in [-0.1, -0.05) is 0 Å². The average Bonchev–Trinajstić information content (AvgIpc) is 3.04. The monoisotopic (exact) mass is 443 g/mol. The summed E-state index contributed by atoms with van der Waals surface area (Å²) in [7, 11) is -3.07. The average molecular weight is 443 g/mol. The van der Waals surface area contributed by atoms with Crippen LogP contribution in [0.3, 0.4) is 0 Å². The first-order valence-corrected chi connectivity index (χ1v) is 10.5. The number of sulfonamides is 1. The van der Waals surface area contributed by atoms with E-state index in [-0.39, 0.29) is 21.9 Å². The van der Waals surface area contributed by atoms with Gasteiger partial charge in [0, 0.05) is 18.5 Å². The number of aryl methyl sites for hydroxylation is 1. The number of benzene rings is 1. The second-order valence-corrected chi connectivity index (χ2v) is 8.31. The highest BCUT2D eigenvalue weighted by atomic mass is 32.2. The predicted octanol–water partition coefficient (Wildman–Crippen LogP) is 2.67. The highest BCUT2D eigenvalue weighted by Crippen LogP contribution is 2.35. The number of fused-ring (bicyclic) bond motifs is 1. The molecule has 0 bridgehead atoms. The molecule has 0 unspecified atom stereocenters. The second-order valence-electron chi connectivity index (χ2n) is 5.83. The number of anilines is 1. The molecule has 0 saturated carbocycles. The molecule has 0 radical (unpaired) electrons. The minimum atomic E-state index is -4.86. The Morgan fingerprint density at radius 2 is 2.00 bits per heavy atom. The standard InChI is InChI=1S/C16H12F3N5O3S2/c1-24-12-4-3-8(5-9(12)11(6-13(24)25)16(17,18)19)29(26,27)23-14-10(7-20)15(28-2)22-21-14/h3-6H,1-2H3,(H2,21,22,23). The van der Waals surface area contributed by atoms with Gasteiger partial charge in [-0.25, -0.2) is 8.42 Å². The molecule has 0 atom stereocenters. The number of thioether (sulfide) groups is 1. The molecule has 0 fully saturated rings. The number of aromatic nitrogens is 3. The Labute approximate surface area is 166 Å². The van der Waals surface area contributed by atoms with Crippen molar-refractivity contribution in [3.8, 4) is 6.07 Å². The Balaban J connectivity index is 2.17. The van der Waals surface area contributed by atoms with Crippen molar-refractivity contribution in [1.29, 1.82) is 5.26 Å². The van der Waals surface area contributed by atoms with Crippen LogP contribution in [-0.2, 0) is 23.2 Å². The number of hydrogen-bond donors (Lipinski definition) is 2. The molecule has 3 rings (SSSR count). The largest absolute Gasteiger partial charge is 0.417 e. The van der Waals surface area contributed by atoms with E-state index < -0.39 is 37.6 Å². The zero-order chi connectivity index (χ0) is 21.6. The van der Waals surface area contributed by atoms with E-state index in [0.29, 0.717) is 6.07 Å². The van der Waals surface area contributed by atoms with Crippen LogP contribution >= 0.6 is 11.8 Å². The van der Waals surface area contributed by atoms with Crippen molar-refractivity contribution in [2.24, 2.45) is 7.05 Å². The van der Waals surface area contributed by atoms with Crippen LogP contribution in [-0.4, -0.2) is 29.4 Å². The summed E-state index contributed by atoms with van der Waals surface area (Å²) in [5, 5.41) is 15.2. The minimum Gasteiger partial charge on any atom is -0.311 e. The maximum Gasteiger partial charge on any atom is 0.417 e. The fourth-order valence-corrected chi connectivity index (χ4v) is 4.23. The number of pyridine rings is 1. The lowest BCUT2D eigenvalue weighted by Crippen LogP contribution is -2.21. The second kappa shape index (κ2) is 7.12. The predicted molar refractivity (Wildman–Crippen MR) is 100 cm³/mol. The fraction of sp³-hybridized carbons (Fsp3) is 0.188. The van der Waals surface area contributed by atoms with E-state index in [9.17, 15) is 31.6 Å². The summed E-state index contributed by atoms with van der Waals surface area (Å²) in [6.07, 6.45) is -3.21. The fourth-order valence-electron chi connectivity index (χ4n) is 2.69. The molecule has 8 nitrogen and oxygen atoms in total. The van der Waals surface area contributed by atoms with Gasteiger partial charge in [0.25, 0.3) is 15.6 Å². The van der Waals surface area contributed by atoms with Crippen LogP contribution in [0.5, 0.6) is 0 Å². The lowest BCUT2D eigenvalue weighted by atomic mass is 10.1. The normalized spacial score (nSPS) is 12.1. The first-order chi connectivity index (χ1) is 13.5. The third-order valence-corrected chi connectivity index (χ3v) is 6.14. The lowest BCUT2D eigenvalue weighted by Gasteiger charge is -2.14. The molecule has 0 aliphatic rings. The lowest BCUT2D eigenvalue weighted by molar-refractivity contribution is -0.136. The number of nitrogens with zero attached hydrogens (tertiary/aromatic N) is 3. The van der Waals surface area contributed by atoms with Crippen LogP contribution in [0.1, 0.15) is 11.1 Å². The number of H-pyrrole nitrogens is 1. The van der Waals surface area contributed by atoms with Gasteiger partial charge in [0.05, 0.1) is 16.0 Å². The van der Waals surface area contributed by atoms with E-state index in [0.717, 1.165) is 34.5 Å². The Bertz CT molecular complexity index is 1320. The molecule has 2 aromatic heterocycles. The zero-order valence-corrected chi connectivity index (χ0v) is 16.5. The van der Waals surface area contributed by atoms with Crippen LogP contribution < -0.4 is 10.3 Å². The highest BCUT2D eigenvalue weighted by molar-refractivity contribution is 7.98. The molecule has 0 aliphatic carbocycles. The van der Waals surface area contributed by atoms with E-state index in [4.69, 9.17) is 0 Å². The molecule has 3 aromatic rings. The molecular formula is C16H12F3N5O3S2. The first kappa shape index (κ1) is 20.7. The van der Waals surface area contributed by atoms with Gasteiger partial charge in [0.1, 0.15) is 16.7 Å². The van der Waals surface area contributed by atoms with Crippen LogP contribution in [0.2, 0.25) is 0 Å². The molecule has 0 aliphatic heterocycles. The first-order valence-electron chi connectivity index (χ1n) is 7.76. The number of nitrogens with one attached hydrogen (secondary N) is 2. The number of halogens is 3. The van der Waals surface area contributed by atoms with Crippen LogP contribution in [0.25, 0.3) is 10.9 Å². The molecule has 0 spiro atoms. The number of rotatable bonds is 4. The van der Waals surface area contributed by atoms with E-state index in [1.807, 2.05) is 6.07 Å². The van der Waals surface area contributed by atoms with Crippen molar-refractivity contribution < 1.29 is 21.6 Å². The molecule has 152 valence electrons. The highest BCUT2D eigenvalue weighted by Gasteiger charge is 2.34. The topological polar surface area (TPSA) is 121 Å². The third-order valence-electron chi connectivity index (χ3n) is 4.11. The molecule has 2 heterocycles. The van der Waals surface area contributed by atoms with Gasteiger partial charge >= 0.3 is 6.18 Å². The molecule has 29 heavy (non-hydrogen) atoms. The summed E-state index contributed by atoms with van der Waals surface area (Å²) >= 11 is 1.12. The summed E-state index contributed by atoms with van der Waals surface area (Å²) in [6.45, 7) is 0. The Morgan fingerprint density at radius 1 is 1.31 bits per heavy atom. The van der Waals surface area contributed by atoms with Crippen LogP contribution in [0.4, 0.5) is 19.0 Å². The molecule has 13 heteroatoms. The van der Waals surface area contributed by atoms with Gasteiger partial charge in [-0.05, 0) is 24.5 Å². The van der Waals surface area contributed by atoms with Crippen molar-refractivity contribution in [3.05, 3.63) is 45.7 Å². The summed E-state index contributed by atoms with van der Waals surface area (Å²) in [4.78, 5) is 11.3. The van der Waals surface area contributed by atoms with Crippen LogP contribution in [0, 0.1) is 11.3 Å². The van der Waals surface area contributed by atoms with Gasteiger partial charge in [0.15, 0.2) is 5.82 Å². The molecular weight excluding hydrogens is 431 g/mol. The number of aromatic amines is 1. The SMILES string of the molecule is CSc1n[nH]c(NS(=O)(=O)c2ccc3c(c2)c(C(F)(F)F)cc(=O)n3C)c1C#N. The zero-order valence-electron chi connectivity index (χ0n) is 14.8. The van der Waals surface area contributed by atoms with Crippen molar-refractivity contribution in [2.45, 2.75) is 16.1 Å². The van der Waals surface area contributed by atoms with Gasteiger partial charge in [0.2, 0.25) is 0 Å². The molecule has 0 amide bonds. The minimum absolute atomic E-state index is 0.0414. The molecule has 2 N–H and O–H groups in total. The molecule has 0 saturated heterocycles. The van der Waals surface area contributed by atoms with Crippen LogP contribution in [0.15, 0.2) is 39.0 Å². The van der Waals surface area contributed by atoms with Gasteiger partial charge in [-0.3, -0.25) is 14.6 Å². The van der Waals surface area contributed by atoms with Crippen molar-refractivity contribution in [2.75, 3.05) is 11.0 Å². The van der Waals surface area contributed by atoms with E-state index in [1.54, 1.807) is 6.26 Å². The maximum atomic E-state index is 13.4. The van der Waals surface area contributed by atoms with Crippen molar-refractivity contribution >= 4 is 38.5 Å². The Morgan fingerprint density at radius 3 is 2.59 bits per heavy atom. The Hall–Kier alpha value is -2.98. The van der Waals surface area contributed by atoms with Gasteiger partial charge in [-0.15, -0.1) is 11.8 Å². The number of nitriles is 1. The maximum absolute atomic E-state index is 13.4. The van der Waals surface area contributed by atoms with Crippen molar-refractivity contribution in [3.63, 3.8) is 0 Å². The number of hydrogen-bond acceptors (Lipinski definition) is 6. The van der Waals surface area contributed by atoms with Gasteiger partial charge in [-0.2, -0.15) is 23.5 Å². The summed E-state index contributed by atoms with van der Waals surface area (Å²) in [5.74, 6) is -0.201.